The zero-order valence-electron chi connectivity index (χ0n) is 13.2. The number of nitrogens with one attached hydrogen (secondary N) is 1. The van der Waals surface area contributed by atoms with Gasteiger partial charge in [0.1, 0.15) is 12.1 Å². The molecule has 0 saturated carbocycles. The summed E-state index contributed by atoms with van der Waals surface area (Å²) in [7, 11) is -3.53. The van der Waals surface area contributed by atoms with Gasteiger partial charge in [0, 0.05) is 44.6 Å². The molecular weight excluding hydrogens is 344 g/mol. The topological polar surface area (TPSA) is 113 Å². The molecule has 0 spiro atoms. The van der Waals surface area contributed by atoms with Crippen molar-refractivity contribution in [3.8, 4) is 5.82 Å². The van der Waals surface area contributed by atoms with Gasteiger partial charge in [0.05, 0.1) is 12.5 Å². The summed E-state index contributed by atoms with van der Waals surface area (Å²) in [5, 5.41) is 4.27. The molecule has 1 saturated heterocycles. The molecule has 0 unspecified atom stereocenters. The summed E-state index contributed by atoms with van der Waals surface area (Å²) in [4.78, 5) is 17.0. The molecule has 1 aliphatic heterocycles. The smallest absolute Gasteiger partial charge is 0.260 e. The molecule has 1 aliphatic rings. The van der Waals surface area contributed by atoms with E-state index in [1.165, 1.54) is 23.2 Å². The number of piperazine rings is 1. The van der Waals surface area contributed by atoms with Crippen molar-refractivity contribution in [3.05, 3.63) is 43.4 Å². The van der Waals surface area contributed by atoms with Crippen molar-refractivity contribution in [3.63, 3.8) is 0 Å². The average Bonchev–Trinajstić information content (AvgIpc) is 3.36. The fourth-order valence-corrected chi connectivity index (χ4v) is 4.04. The number of hydrogen-bond acceptors (Lipinski definition) is 7. The van der Waals surface area contributed by atoms with E-state index in [2.05, 4.69) is 25.0 Å². The Hall–Kier alpha value is -2.79. The largest absolute Gasteiger partial charge is 0.354 e. The van der Waals surface area contributed by atoms with Crippen molar-refractivity contribution < 1.29 is 8.42 Å². The van der Waals surface area contributed by atoms with Gasteiger partial charge in [0.15, 0.2) is 10.8 Å². The second-order valence-electron chi connectivity index (χ2n) is 5.49. The number of aromatic amines is 1. The van der Waals surface area contributed by atoms with Crippen LogP contribution < -0.4 is 4.90 Å². The summed E-state index contributed by atoms with van der Waals surface area (Å²) in [6, 6.07) is 3.66. The van der Waals surface area contributed by atoms with Crippen LogP contribution in [0, 0.1) is 0 Å². The number of anilines is 1. The van der Waals surface area contributed by atoms with E-state index in [4.69, 9.17) is 0 Å². The van der Waals surface area contributed by atoms with Crippen LogP contribution in [0.3, 0.4) is 0 Å². The Morgan fingerprint density at radius 2 is 1.88 bits per heavy atom. The fraction of sp³-hybridized carbons (Fsp3) is 0.286. The second kappa shape index (κ2) is 6.26. The molecule has 11 heteroatoms. The Kier molecular flexibility index (Phi) is 3.93. The first-order valence-electron chi connectivity index (χ1n) is 7.70. The molecule has 0 amide bonds. The van der Waals surface area contributed by atoms with Gasteiger partial charge in [0.2, 0.25) is 0 Å². The molecule has 0 bridgehead atoms. The second-order valence-corrected chi connectivity index (χ2v) is 7.40. The van der Waals surface area contributed by atoms with E-state index in [1.807, 2.05) is 17.0 Å². The zero-order chi connectivity index (χ0) is 17.3. The predicted octanol–water partition coefficient (Wildman–Crippen LogP) is -0.104. The molecule has 1 N–H and O–H groups in total. The molecular formula is C14H16N8O2S. The molecule has 3 aromatic rings. The quantitative estimate of drug-likeness (QED) is 0.691. The van der Waals surface area contributed by atoms with Gasteiger partial charge in [-0.25, -0.2) is 28.1 Å². The van der Waals surface area contributed by atoms with Crippen LogP contribution in [0.1, 0.15) is 0 Å². The highest BCUT2D eigenvalue weighted by molar-refractivity contribution is 7.89. The van der Waals surface area contributed by atoms with Crippen LogP contribution in [-0.4, -0.2) is 68.6 Å². The Balaban J connectivity index is 1.48. The molecule has 0 aliphatic carbocycles. The lowest BCUT2D eigenvalue weighted by Crippen LogP contribution is -2.49. The number of imidazole rings is 1. The van der Waals surface area contributed by atoms with Gasteiger partial charge >= 0.3 is 0 Å². The van der Waals surface area contributed by atoms with E-state index in [1.54, 1.807) is 17.1 Å². The standard InChI is InChI=1S/C14H16N8O2S/c23-25(24,14-9-15-10-18-14)21-6-4-20(5-7-21)12-8-13(17-11-16-12)22-3-1-2-19-22/h1-3,8-11H,4-7H2,(H,15,18). The van der Waals surface area contributed by atoms with Gasteiger partial charge in [-0.15, -0.1) is 0 Å². The highest BCUT2D eigenvalue weighted by Gasteiger charge is 2.29. The van der Waals surface area contributed by atoms with E-state index < -0.39 is 10.0 Å². The molecule has 0 radical (unpaired) electrons. The van der Waals surface area contributed by atoms with Gasteiger partial charge < -0.3 is 9.88 Å². The summed E-state index contributed by atoms with van der Waals surface area (Å²) >= 11 is 0. The fourth-order valence-electron chi connectivity index (χ4n) is 2.72. The summed E-state index contributed by atoms with van der Waals surface area (Å²) in [5.74, 6) is 1.42. The van der Waals surface area contributed by atoms with Crippen LogP contribution in [0.5, 0.6) is 0 Å². The molecule has 25 heavy (non-hydrogen) atoms. The van der Waals surface area contributed by atoms with Gasteiger partial charge in [0.25, 0.3) is 10.0 Å². The summed E-state index contributed by atoms with van der Waals surface area (Å²) < 4.78 is 28.1. The maximum absolute atomic E-state index is 12.5. The number of nitrogens with zero attached hydrogens (tertiary/aromatic N) is 7. The SMILES string of the molecule is O=S(=O)(c1cnc[nH]1)N1CCN(c2cc(-n3cccn3)ncn2)CC1. The Bertz CT molecular complexity index is 931. The van der Waals surface area contributed by atoms with Gasteiger partial charge in [-0.05, 0) is 6.07 Å². The van der Waals surface area contributed by atoms with Crippen LogP contribution in [0.4, 0.5) is 5.82 Å². The minimum absolute atomic E-state index is 0.115. The first kappa shape index (κ1) is 15.7. The van der Waals surface area contributed by atoms with Crippen LogP contribution >= 0.6 is 0 Å². The Labute approximate surface area is 144 Å². The Morgan fingerprint density at radius 3 is 2.56 bits per heavy atom. The van der Waals surface area contributed by atoms with E-state index in [9.17, 15) is 8.42 Å². The third-order valence-corrected chi connectivity index (χ3v) is 5.85. The molecule has 10 nitrogen and oxygen atoms in total. The first-order chi connectivity index (χ1) is 12.1. The van der Waals surface area contributed by atoms with E-state index in [-0.39, 0.29) is 5.03 Å². The number of hydrogen-bond donors (Lipinski definition) is 1. The van der Waals surface area contributed by atoms with Crippen LogP contribution in [0.15, 0.2) is 48.4 Å². The lowest BCUT2D eigenvalue weighted by Gasteiger charge is -2.34. The maximum atomic E-state index is 12.5. The molecule has 0 atom stereocenters. The monoisotopic (exact) mass is 360 g/mol. The summed E-state index contributed by atoms with van der Waals surface area (Å²) in [5.41, 5.74) is 0. The van der Waals surface area contributed by atoms with Crippen molar-refractivity contribution in [2.75, 3.05) is 31.1 Å². The number of rotatable bonds is 4. The van der Waals surface area contributed by atoms with Gasteiger partial charge in [-0.2, -0.15) is 9.40 Å². The normalized spacial score (nSPS) is 16.2. The number of H-pyrrole nitrogens is 1. The average molecular weight is 360 g/mol. The molecule has 4 rings (SSSR count). The third-order valence-electron chi connectivity index (χ3n) is 4.03. The van der Waals surface area contributed by atoms with E-state index in [0.29, 0.717) is 32.0 Å². The molecule has 1 fully saturated rings. The lowest BCUT2D eigenvalue weighted by molar-refractivity contribution is 0.382. The van der Waals surface area contributed by atoms with Crippen LogP contribution in [0.2, 0.25) is 0 Å². The van der Waals surface area contributed by atoms with Crippen molar-refractivity contribution >= 4 is 15.8 Å². The first-order valence-corrected chi connectivity index (χ1v) is 9.14. The Morgan fingerprint density at radius 1 is 1.08 bits per heavy atom. The molecule has 0 aromatic carbocycles. The summed E-state index contributed by atoms with van der Waals surface area (Å²) in [6.07, 6.45) is 7.66. The number of sulfonamides is 1. The molecule has 130 valence electrons. The van der Waals surface area contributed by atoms with E-state index >= 15 is 0 Å². The molecule has 3 aromatic heterocycles. The zero-order valence-corrected chi connectivity index (χ0v) is 14.0. The number of aromatic nitrogens is 6. The van der Waals surface area contributed by atoms with Crippen molar-refractivity contribution in [1.82, 2.24) is 34.0 Å². The minimum Gasteiger partial charge on any atom is -0.354 e. The maximum Gasteiger partial charge on any atom is 0.260 e. The van der Waals surface area contributed by atoms with Crippen molar-refractivity contribution in [1.29, 1.82) is 0 Å². The molecule has 4 heterocycles. The van der Waals surface area contributed by atoms with Gasteiger partial charge in [-0.3, -0.25) is 0 Å². The highest BCUT2D eigenvalue weighted by Crippen LogP contribution is 2.19. The van der Waals surface area contributed by atoms with Gasteiger partial charge in [-0.1, -0.05) is 0 Å². The van der Waals surface area contributed by atoms with Crippen molar-refractivity contribution in [2.24, 2.45) is 0 Å². The third kappa shape index (κ3) is 2.98. The van der Waals surface area contributed by atoms with Crippen molar-refractivity contribution in [2.45, 2.75) is 5.03 Å². The van der Waals surface area contributed by atoms with Crippen LogP contribution in [-0.2, 0) is 10.0 Å². The minimum atomic E-state index is -3.53. The lowest BCUT2D eigenvalue weighted by atomic mass is 10.3. The van der Waals surface area contributed by atoms with E-state index in [0.717, 1.165) is 5.82 Å². The summed E-state index contributed by atoms with van der Waals surface area (Å²) in [6.45, 7) is 1.84. The predicted molar refractivity (Wildman–Crippen MR) is 88.7 cm³/mol. The highest BCUT2D eigenvalue weighted by atomic mass is 32.2. The van der Waals surface area contributed by atoms with Crippen LogP contribution in [0.25, 0.3) is 5.82 Å².